The van der Waals surface area contributed by atoms with Crippen LogP contribution < -0.4 is 5.73 Å². The molecule has 2 N–H and O–H groups in total. The maximum Gasteiger partial charge on any atom is 0.0798 e. The van der Waals surface area contributed by atoms with Crippen LogP contribution in [-0.4, -0.2) is 29.0 Å². The number of rotatable bonds is 3. The SMILES string of the molecule is Cc1ncsc1CN1CCCC(C(C)N)C1. The Hall–Kier alpha value is -0.450. The zero-order valence-corrected chi connectivity index (χ0v) is 11.0. The molecular weight excluding hydrogens is 218 g/mol. The van der Waals surface area contributed by atoms with E-state index < -0.39 is 0 Å². The fourth-order valence-electron chi connectivity index (χ4n) is 2.35. The second-order valence-corrected chi connectivity index (χ2v) is 5.80. The van der Waals surface area contributed by atoms with E-state index in [1.165, 1.54) is 30.0 Å². The zero-order valence-electron chi connectivity index (χ0n) is 10.1. The van der Waals surface area contributed by atoms with Crippen LogP contribution in [0, 0.1) is 12.8 Å². The Morgan fingerprint density at radius 3 is 3.12 bits per heavy atom. The Kier molecular flexibility index (Phi) is 3.95. The van der Waals surface area contributed by atoms with Crippen molar-refractivity contribution in [2.24, 2.45) is 11.7 Å². The van der Waals surface area contributed by atoms with Gasteiger partial charge in [-0.1, -0.05) is 0 Å². The van der Waals surface area contributed by atoms with E-state index in [0.29, 0.717) is 12.0 Å². The van der Waals surface area contributed by atoms with E-state index in [1.807, 2.05) is 5.51 Å². The fraction of sp³-hybridized carbons (Fsp3) is 0.750. The average molecular weight is 239 g/mol. The summed E-state index contributed by atoms with van der Waals surface area (Å²) in [5.41, 5.74) is 9.13. The number of nitrogens with two attached hydrogens (primary N) is 1. The van der Waals surface area contributed by atoms with Crippen LogP contribution in [0.4, 0.5) is 0 Å². The summed E-state index contributed by atoms with van der Waals surface area (Å²) < 4.78 is 0. The van der Waals surface area contributed by atoms with Crippen molar-refractivity contribution in [2.45, 2.75) is 39.3 Å². The summed E-state index contributed by atoms with van der Waals surface area (Å²) in [5.74, 6) is 0.668. The summed E-state index contributed by atoms with van der Waals surface area (Å²) in [5, 5.41) is 0. The van der Waals surface area contributed by atoms with Gasteiger partial charge in [-0.3, -0.25) is 4.90 Å². The fourth-order valence-corrected chi connectivity index (χ4v) is 3.16. The first-order chi connectivity index (χ1) is 7.66. The van der Waals surface area contributed by atoms with Gasteiger partial charge in [0.2, 0.25) is 0 Å². The molecule has 2 heterocycles. The summed E-state index contributed by atoms with van der Waals surface area (Å²) >= 11 is 1.77. The third kappa shape index (κ3) is 2.81. The third-order valence-electron chi connectivity index (χ3n) is 3.50. The number of thiazole rings is 1. The van der Waals surface area contributed by atoms with Crippen LogP contribution in [0.2, 0.25) is 0 Å². The van der Waals surface area contributed by atoms with Gasteiger partial charge in [0.25, 0.3) is 0 Å². The first-order valence-corrected chi connectivity index (χ1v) is 6.91. The van der Waals surface area contributed by atoms with E-state index in [1.54, 1.807) is 11.3 Å². The molecule has 0 bridgehead atoms. The van der Waals surface area contributed by atoms with Gasteiger partial charge in [-0.2, -0.15) is 0 Å². The normalized spacial score (nSPS) is 24.6. The third-order valence-corrected chi connectivity index (χ3v) is 4.42. The molecule has 1 aromatic heterocycles. The minimum atomic E-state index is 0.324. The van der Waals surface area contributed by atoms with E-state index in [4.69, 9.17) is 5.73 Å². The number of aryl methyl sites for hydroxylation is 1. The van der Waals surface area contributed by atoms with Crippen molar-refractivity contribution in [1.29, 1.82) is 0 Å². The van der Waals surface area contributed by atoms with Crippen molar-refractivity contribution in [3.63, 3.8) is 0 Å². The van der Waals surface area contributed by atoms with Gasteiger partial charge < -0.3 is 5.73 Å². The molecule has 2 unspecified atom stereocenters. The highest BCUT2D eigenvalue weighted by molar-refractivity contribution is 7.09. The van der Waals surface area contributed by atoms with Crippen molar-refractivity contribution in [3.05, 3.63) is 16.1 Å². The Morgan fingerprint density at radius 2 is 2.50 bits per heavy atom. The summed E-state index contributed by atoms with van der Waals surface area (Å²) in [6, 6.07) is 0.324. The van der Waals surface area contributed by atoms with Crippen LogP contribution in [0.3, 0.4) is 0 Å². The van der Waals surface area contributed by atoms with Crippen molar-refractivity contribution < 1.29 is 0 Å². The molecule has 2 atom stereocenters. The minimum Gasteiger partial charge on any atom is -0.328 e. The lowest BCUT2D eigenvalue weighted by Crippen LogP contribution is -2.41. The Bertz CT molecular complexity index is 335. The second-order valence-electron chi connectivity index (χ2n) is 4.86. The van der Waals surface area contributed by atoms with E-state index in [9.17, 15) is 0 Å². The number of nitrogens with zero attached hydrogens (tertiary/aromatic N) is 2. The molecule has 4 heteroatoms. The molecule has 2 rings (SSSR count). The summed E-state index contributed by atoms with van der Waals surface area (Å²) in [4.78, 5) is 8.24. The predicted octanol–water partition coefficient (Wildman–Crippen LogP) is 2.01. The van der Waals surface area contributed by atoms with Gasteiger partial charge in [0, 0.05) is 24.0 Å². The summed E-state index contributed by atoms with van der Waals surface area (Å²) in [6.45, 7) is 7.64. The molecule has 1 aliphatic rings. The number of hydrogen-bond donors (Lipinski definition) is 1. The lowest BCUT2D eigenvalue weighted by molar-refractivity contribution is 0.155. The first kappa shape index (κ1) is 12.0. The van der Waals surface area contributed by atoms with Gasteiger partial charge in [-0.25, -0.2) is 4.98 Å². The Morgan fingerprint density at radius 1 is 1.69 bits per heavy atom. The monoisotopic (exact) mass is 239 g/mol. The van der Waals surface area contributed by atoms with Gasteiger partial charge >= 0.3 is 0 Å². The van der Waals surface area contributed by atoms with Crippen molar-refractivity contribution in [3.8, 4) is 0 Å². The number of likely N-dealkylation sites (tertiary alicyclic amines) is 1. The molecule has 0 aromatic carbocycles. The van der Waals surface area contributed by atoms with Crippen LogP contribution in [0.15, 0.2) is 5.51 Å². The van der Waals surface area contributed by atoms with Gasteiger partial charge in [-0.15, -0.1) is 11.3 Å². The number of piperidine rings is 1. The largest absolute Gasteiger partial charge is 0.328 e. The number of aromatic nitrogens is 1. The second kappa shape index (κ2) is 5.25. The van der Waals surface area contributed by atoms with Crippen LogP contribution in [-0.2, 0) is 6.54 Å². The highest BCUT2D eigenvalue weighted by Crippen LogP contribution is 2.22. The molecule has 3 nitrogen and oxygen atoms in total. The lowest BCUT2D eigenvalue weighted by atomic mass is 9.92. The molecule has 1 aliphatic heterocycles. The lowest BCUT2D eigenvalue weighted by Gasteiger charge is -2.34. The topological polar surface area (TPSA) is 42.2 Å². The standard InChI is InChI=1S/C12H21N3S/c1-9(13)11-4-3-5-15(6-11)7-12-10(2)14-8-16-12/h8-9,11H,3-7,13H2,1-2H3. The minimum absolute atomic E-state index is 0.324. The Balaban J connectivity index is 1.93. The zero-order chi connectivity index (χ0) is 11.5. The molecule has 1 fully saturated rings. The van der Waals surface area contributed by atoms with Crippen LogP contribution >= 0.6 is 11.3 Å². The molecule has 90 valence electrons. The highest BCUT2D eigenvalue weighted by Gasteiger charge is 2.23. The molecule has 0 aliphatic carbocycles. The Labute approximate surface area is 102 Å². The maximum absolute atomic E-state index is 6.00. The molecule has 0 amide bonds. The molecule has 0 radical (unpaired) electrons. The molecule has 0 saturated carbocycles. The van der Waals surface area contributed by atoms with Gasteiger partial charge in [0.1, 0.15) is 0 Å². The van der Waals surface area contributed by atoms with Crippen LogP contribution in [0.25, 0.3) is 0 Å². The van der Waals surface area contributed by atoms with Gasteiger partial charge in [-0.05, 0) is 39.2 Å². The summed E-state index contributed by atoms with van der Waals surface area (Å²) in [7, 11) is 0. The van der Waals surface area contributed by atoms with Crippen molar-refractivity contribution in [1.82, 2.24) is 9.88 Å². The number of hydrogen-bond acceptors (Lipinski definition) is 4. The van der Waals surface area contributed by atoms with Gasteiger partial charge in [0.15, 0.2) is 0 Å². The predicted molar refractivity (Wildman–Crippen MR) is 68.5 cm³/mol. The summed E-state index contributed by atoms with van der Waals surface area (Å²) in [6.07, 6.45) is 2.57. The first-order valence-electron chi connectivity index (χ1n) is 6.03. The maximum atomic E-state index is 6.00. The quantitative estimate of drug-likeness (QED) is 0.877. The average Bonchev–Trinajstić information content (AvgIpc) is 2.65. The highest BCUT2D eigenvalue weighted by atomic mass is 32.1. The molecule has 1 aromatic rings. The van der Waals surface area contributed by atoms with E-state index >= 15 is 0 Å². The van der Waals surface area contributed by atoms with Crippen molar-refractivity contribution in [2.75, 3.05) is 13.1 Å². The molecule has 16 heavy (non-hydrogen) atoms. The van der Waals surface area contributed by atoms with Gasteiger partial charge in [0.05, 0.1) is 11.2 Å². The molecular formula is C12H21N3S. The van der Waals surface area contributed by atoms with E-state index in [0.717, 1.165) is 13.1 Å². The van der Waals surface area contributed by atoms with Crippen LogP contribution in [0.5, 0.6) is 0 Å². The van der Waals surface area contributed by atoms with E-state index in [-0.39, 0.29) is 0 Å². The smallest absolute Gasteiger partial charge is 0.0798 e. The molecule has 0 spiro atoms. The van der Waals surface area contributed by atoms with Crippen LogP contribution in [0.1, 0.15) is 30.3 Å². The van der Waals surface area contributed by atoms with E-state index in [2.05, 4.69) is 23.7 Å². The van der Waals surface area contributed by atoms with Crippen molar-refractivity contribution >= 4 is 11.3 Å². The molecule has 1 saturated heterocycles.